The number of anilines is 2. The zero-order valence-electron chi connectivity index (χ0n) is 11.0. The van der Waals surface area contributed by atoms with Gasteiger partial charge in [-0.1, -0.05) is 12.1 Å². The van der Waals surface area contributed by atoms with Crippen LogP contribution < -0.4 is 15.8 Å². The number of hydrogen-bond donors (Lipinski definition) is 2. The quantitative estimate of drug-likeness (QED) is 0.830. The smallest absolute Gasteiger partial charge is 0.142 e. The van der Waals surface area contributed by atoms with Crippen molar-refractivity contribution in [3.63, 3.8) is 0 Å². The van der Waals surface area contributed by atoms with E-state index < -0.39 is 0 Å². The molecule has 100 valence electrons. The molecule has 0 aliphatic rings. The van der Waals surface area contributed by atoms with Gasteiger partial charge in [0.15, 0.2) is 0 Å². The molecule has 0 fully saturated rings. The van der Waals surface area contributed by atoms with E-state index in [0.717, 1.165) is 23.1 Å². The van der Waals surface area contributed by atoms with Crippen LogP contribution in [0.4, 0.5) is 11.5 Å². The summed E-state index contributed by atoms with van der Waals surface area (Å²) in [5.74, 6) is 2.29. The molecular weight excluding hydrogens is 240 g/mol. The van der Waals surface area contributed by atoms with E-state index in [0.29, 0.717) is 19.6 Å². The minimum absolute atomic E-state index is 0.541. The van der Waals surface area contributed by atoms with Crippen molar-refractivity contribution >= 4 is 11.5 Å². The monoisotopic (exact) mass is 258 g/mol. The number of para-hydroxylation sites is 2. The molecule has 3 N–H and O–H groups in total. The van der Waals surface area contributed by atoms with Gasteiger partial charge >= 0.3 is 0 Å². The standard InChI is InChI=1S/C14H18N4O/c1-2-19-12-6-4-3-5-11(12)17-14-8-10-16-13(18-14)7-9-15/h3-6,8,10H,2,7,9,15H2,1H3,(H,16,17,18). The average Bonchev–Trinajstić information content (AvgIpc) is 2.42. The minimum atomic E-state index is 0.541. The zero-order valence-corrected chi connectivity index (χ0v) is 11.0. The van der Waals surface area contributed by atoms with Gasteiger partial charge in [0.1, 0.15) is 17.4 Å². The first-order chi connectivity index (χ1) is 9.33. The van der Waals surface area contributed by atoms with Crippen LogP contribution >= 0.6 is 0 Å². The summed E-state index contributed by atoms with van der Waals surface area (Å²) < 4.78 is 5.56. The maximum Gasteiger partial charge on any atom is 0.142 e. The highest BCUT2D eigenvalue weighted by molar-refractivity contribution is 5.63. The zero-order chi connectivity index (χ0) is 13.5. The van der Waals surface area contributed by atoms with E-state index in [1.807, 2.05) is 37.3 Å². The molecule has 1 heterocycles. The van der Waals surface area contributed by atoms with Crippen molar-refractivity contribution in [2.45, 2.75) is 13.3 Å². The van der Waals surface area contributed by atoms with E-state index in [1.165, 1.54) is 0 Å². The molecule has 0 bridgehead atoms. The van der Waals surface area contributed by atoms with Crippen LogP contribution in [0.5, 0.6) is 5.75 Å². The van der Waals surface area contributed by atoms with Crippen LogP contribution in [0.1, 0.15) is 12.7 Å². The third-order valence-electron chi connectivity index (χ3n) is 2.52. The van der Waals surface area contributed by atoms with Crippen molar-refractivity contribution in [1.29, 1.82) is 0 Å². The number of nitrogens with two attached hydrogens (primary N) is 1. The highest BCUT2D eigenvalue weighted by atomic mass is 16.5. The number of ether oxygens (including phenoxy) is 1. The summed E-state index contributed by atoms with van der Waals surface area (Å²) in [4.78, 5) is 8.57. The van der Waals surface area contributed by atoms with Crippen LogP contribution in [-0.4, -0.2) is 23.1 Å². The molecule has 0 amide bonds. The Labute approximate surface area is 112 Å². The molecule has 2 aromatic rings. The highest BCUT2D eigenvalue weighted by Crippen LogP contribution is 2.26. The summed E-state index contributed by atoms with van der Waals surface area (Å²) in [6.45, 7) is 3.13. The molecule has 0 unspecified atom stereocenters. The summed E-state index contributed by atoms with van der Waals surface area (Å²) in [6.07, 6.45) is 2.40. The van der Waals surface area contributed by atoms with Gasteiger partial charge in [-0.25, -0.2) is 9.97 Å². The molecule has 0 atom stereocenters. The van der Waals surface area contributed by atoms with E-state index in [2.05, 4.69) is 15.3 Å². The van der Waals surface area contributed by atoms with Crippen molar-refractivity contribution in [3.05, 3.63) is 42.4 Å². The van der Waals surface area contributed by atoms with Gasteiger partial charge in [0.25, 0.3) is 0 Å². The van der Waals surface area contributed by atoms with E-state index in [-0.39, 0.29) is 0 Å². The first kappa shape index (κ1) is 13.3. The fourth-order valence-electron chi connectivity index (χ4n) is 1.71. The number of nitrogens with zero attached hydrogens (tertiary/aromatic N) is 2. The second-order valence-electron chi connectivity index (χ2n) is 3.95. The predicted octanol–water partition coefficient (Wildman–Crippen LogP) is 2.12. The van der Waals surface area contributed by atoms with Crippen LogP contribution in [0.25, 0.3) is 0 Å². The van der Waals surface area contributed by atoms with E-state index >= 15 is 0 Å². The Kier molecular flexibility index (Phi) is 4.69. The highest BCUT2D eigenvalue weighted by Gasteiger charge is 2.04. The van der Waals surface area contributed by atoms with E-state index in [9.17, 15) is 0 Å². The van der Waals surface area contributed by atoms with E-state index in [1.54, 1.807) is 6.20 Å². The second-order valence-corrected chi connectivity index (χ2v) is 3.95. The summed E-state index contributed by atoms with van der Waals surface area (Å²) in [5, 5.41) is 3.24. The van der Waals surface area contributed by atoms with Gasteiger partial charge in [0.05, 0.1) is 12.3 Å². The molecule has 5 nitrogen and oxygen atoms in total. The third-order valence-corrected chi connectivity index (χ3v) is 2.52. The SMILES string of the molecule is CCOc1ccccc1Nc1ccnc(CCN)n1. The largest absolute Gasteiger partial charge is 0.492 e. The number of nitrogens with one attached hydrogen (secondary N) is 1. The molecule has 1 aromatic carbocycles. The average molecular weight is 258 g/mol. The minimum Gasteiger partial charge on any atom is -0.492 e. The van der Waals surface area contributed by atoms with Gasteiger partial charge in [0.2, 0.25) is 0 Å². The molecular formula is C14H18N4O. The molecule has 0 aliphatic carbocycles. The van der Waals surface area contributed by atoms with Crippen LogP contribution in [-0.2, 0) is 6.42 Å². The molecule has 0 aliphatic heterocycles. The Morgan fingerprint density at radius 1 is 1.26 bits per heavy atom. The molecule has 1 aromatic heterocycles. The number of aromatic nitrogens is 2. The topological polar surface area (TPSA) is 73.1 Å². The van der Waals surface area contributed by atoms with Crippen LogP contribution in [0.2, 0.25) is 0 Å². The maximum absolute atomic E-state index is 5.56. The van der Waals surface area contributed by atoms with Gasteiger partial charge in [0, 0.05) is 12.6 Å². The number of hydrogen-bond acceptors (Lipinski definition) is 5. The Bertz CT molecular complexity index is 530. The molecule has 2 rings (SSSR count). The van der Waals surface area contributed by atoms with Gasteiger partial charge in [-0.15, -0.1) is 0 Å². The summed E-state index contributed by atoms with van der Waals surface area (Å²) in [6, 6.07) is 9.59. The Balaban J connectivity index is 2.18. The van der Waals surface area contributed by atoms with Gasteiger partial charge in [-0.05, 0) is 31.7 Å². The molecule has 0 saturated carbocycles. The summed E-state index contributed by atoms with van der Waals surface area (Å²) in [7, 11) is 0. The molecule has 5 heteroatoms. The second kappa shape index (κ2) is 6.70. The Hall–Kier alpha value is -2.14. The van der Waals surface area contributed by atoms with Crippen molar-refractivity contribution in [2.24, 2.45) is 5.73 Å². The fourth-order valence-corrected chi connectivity index (χ4v) is 1.71. The maximum atomic E-state index is 5.56. The third kappa shape index (κ3) is 3.66. The van der Waals surface area contributed by atoms with Crippen molar-refractivity contribution in [3.8, 4) is 5.75 Å². The van der Waals surface area contributed by atoms with Gasteiger partial charge in [-0.3, -0.25) is 0 Å². The van der Waals surface area contributed by atoms with Gasteiger partial charge in [-0.2, -0.15) is 0 Å². The molecule has 0 radical (unpaired) electrons. The predicted molar refractivity (Wildman–Crippen MR) is 75.7 cm³/mol. The van der Waals surface area contributed by atoms with Crippen molar-refractivity contribution in [1.82, 2.24) is 9.97 Å². The Morgan fingerprint density at radius 3 is 2.89 bits per heavy atom. The Morgan fingerprint density at radius 2 is 2.11 bits per heavy atom. The van der Waals surface area contributed by atoms with Crippen molar-refractivity contribution < 1.29 is 4.74 Å². The molecule has 19 heavy (non-hydrogen) atoms. The number of rotatable bonds is 6. The lowest BCUT2D eigenvalue weighted by molar-refractivity contribution is 0.342. The lowest BCUT2D eigenvalue weighted by Crippen LogP contribution is -2.07. The lowest BCUT2D eigenvalue weighted by Gasteiger charge is -2.11. The molecule has 0 spiro atoms. The van der Waals surface area contributed by atoms with Crippen LogP contribution in [0.3, 0.4) is 0 Å². The van der Waals surface area contributed by atoms with Gasteiger partial charge < -0.3 is 15.8 Å². The lowest BCUT2D eigenvalue weighted by atomic mass is 10.3. The molecule has 0 saturated heterocycles. The van der Waals surface area contributed by atoms with E-state index in [4.69, 9.17) is 10.5 Å². The number of benzene rings is 1. The van der Waals surface area contributed by atoms with Crippen molar-refractivity contribution in [2.75, 3.05) is 18.5 Å². The van der Waals surface area contributed by atoms with Crippen LogP contribution in [0.15, 0.2) is 36.5 Å². The van der Waals surface area contributed by atoms with Crippen LogP contribution in [0, 0.1) is 0 Å². The summed E-state index contributed by atoms with van der Waals surface area (Å²) in [5.41, 5.74) is 6.40. The fraction of sp³-hybridized carbons (Fsp3) is 0.286. The first-order valence-electron chi connectivity index (χ1n) is 6.34. The normalized spacial score (nSPS) is 10.2. The first-order valence-corrected chi connectivity index (χ1v) is 6.34. The summed E-state index contributed by atoms with van der Waals surface area (Å²) >= 11 is 0.